The number of phenols is 1. The molecular weight excluding hydrogens is 449 g/mol. The van der Waals surface area contributed by atoms with Gasteiger partial charge in [-0.1, -0.05) is 65.2 Å². The molecule has 0 amide bonds. The quantitative estimate of drug-likeness (QED) is 0.434. The lowest BCUT2D eigenvalue weighted by Gasteiger charge is -2.23. The third-order valence-corrected chi connectivity index (χ3v) is 7.00. The number of hydrogen-bond acceptors (Lipinski definition) is 5. The average molecular weight is 462 g/mol. The van der Waals surface area contributed by atoms with Crippen molar-refractivity contribution in [2.45, 2.75) is 11.8 Å². The molecule has 0 saturated heterocycles. The molecule has 0 unspecified atom stereocenters. The zero-order valence-electron chi connectivity index (χ0n) is 15.4. The monoisotopic (exact) mass is 461 g/mol. The van der Waals surface area contributed by atoms with Crippen LogP contribution >= 0.6 is 23.2 Å². The molecule has 0 aliphatic heterocycles. The molecule has 0 aromatic heterocycles. The normalized spacial score (nSPS) is 13.0. The highest BCUT2D eigenvalue weighted by atomic mass is 35.5. The zero-order chi connectivity index (χ0) is 21.8. The van der Waals surface area contributed by atoms with E-state index in [2.05, 4.69) is 4.72 Å². The van der Waals surface area contributed by atoms with Crippen molar-refractivity contribution < 1.29 is 23.1 Å². The zero-order valence-corrected chi connectivity index (χ0v) is 17.7. The van der Waals surface area contributed by atoms with Gasteiger partial charge in [-0.25, -0.2) is 8.42 Å². The number of hydrogen-bond donors (Lipinski definition) is 2. The van der Waals surface area contributed by atoms with Crippen LogP contribution in [0.15, 0.2) is 53.4 Å². The predicted molar refractivity (Wildman–Crippen MR) is 113 cm³/mol. The molecule has 0 saturated carbocycles. The number of carbonyl (C=O) groups is 2. The second-order valence-corrected chi connectivity index (χ2v) is 9.16. The molecular formula is C21H13Cl2NO5S. The van der Waals surface area contributed by atoms with E-state index < -0.39 is 37.9 Å². The number of ketones is 2. The molecule has 1 aliphatic carbocycles. The number of benzene rings is 3. The van der Waals surface area contributed by atoms with E-state index in [9.17, 15) is 23.1 Å². The van der Waals surface area contributed by atoms with Crippen molar-refractivity contribution in [3.05, 3.63) is 86.4 Å². The van der Waals surface area contributed by atoms with Crippen molar-refractivity contribution in [2.75, 3.05) is 4.72 Å². The van der Waals surface area contributed by atoms with E-state index in [1.807, 2.05) is 0 Å². The molecule has 0 spiro atoms. The first-order valence-corrected chi connectivity index (χ1v) is 10.9. The summed E-state index contributed by atoms with van der Waals surface area (Å²) in [5.74, 6) is -1.99. The van der Waals surface area contributed by atoms with Crippen molar-refractivity contribution in [3.8, 4) is 5.75 Å². The molecule has 0 fully saturated rings. The van der Waals surface area contributed by atoms with Gasteiger partial charge in [0, 0.05) is 11.1 Å². The van der Waals surface area contributed by atoms with Crippen molar-refractivity contribution in [2.24, 2.45) is 0 Å². The second kappa shape index (κ2) is 7.12. The third-order valence-electron chi connectivity index (χ3n) is 4.80. The summed E-state index contributed by atoms with van der Waals surface area (Å²) >= 11 is 12.3. The number of fused-ring (bicyclic) bond motifs is 2. The maximum atomic E-state index is 13.2. The Morgan fingerprint density at radius 3 is 1.93 bits per heavy atom. The molecule has 0 radical (unpaired) electrons. The fourth-order valence-corrected chi connectivity index (χ4v) is 4.84. The van der Waals surface area contributed by atoms with Crippen molar-refractivity contribution in [1.82, 2.24) is 0 Å². The van der Waals surface area contributed by atoms with Crippen LogP contribution in [0.5, 0.6) is 5.75 Å². The minimum atomic E-state index is -4.17. The topological polar surface area (TPSA) is 101 Å². The standard InChI is InChI=1S/C21H13Cl2NO5S/c1-10-6-8-11(9-7-10)30(28,29)24-18-14-15(21(27)17(23)16(18)22)20(26)13-5-3-2-4-12(13)19(14)25/h2-9,24,27H,1H3. The minimum Gasteiger partial charge on any atom is -0.506 e. The maximum absolute atomic E-state index is 13.2. The second-order valence-electron chi connectivity index (χ2n) is 6.72. The van der Waals surface area contributed by atoms with Gasteiger partial charge in [0.15, 0.2) is 11.6 Å². The Balaban J connectivity index is 1.96. The van der Waals surface area contributed by atoms with E-state index in [1.165, 1.54) is 24.3 Å². The lowest BCUT2D eigenvalue weighted by Crippen LogP contribution is -2.24. The Bertz CT molecular complexity index is 1350. The fourth-order valence-electron chi connectivity index (χ4n) is 3.28. The van der Waals surface area contributed by atoms with Gasteiger partial charge in [-0.15, -0.1) is 0 Å². The number of carbonyl (C=O) groups excluding carboxylic acids is 2. The summed E-state index contributed by atoms with van der Waals surface area (Å²) in [6.45, 7) is 1.80. The van der Waals surface area contributed by atoms with Gasteiger partial charge in [-0.3, -0.25) is 14.3 Å². The number of aromatic hydroxyl groups is 1. The molecule has 152 valence electrons. The van der Waals surface area contributed by atoms with Gasteiger partial charge < -0.3 is 5.11 Å². The van der Waals surface area contributed by atoms with Gasteiger partial charge in [0.1, 0.15) is 10.8 Å². The first kappa shape index (κ1) is 20.4. The van der Waals surface area contributed by atoms with Crippen LogP contribution in [0.3, 0.4) is 0 Å². The Hall–Kier alpha value is -2.87. The molecule has 0 atom stereocenters. The molecule has 4 rings (SSSR count). The minimum absolute atomic E-state index is 0.0721. The number of nitrogens with one attached hydrogen (secondary N) is 1. The van der Waals surface area contributed by atoms with E-state index in [0.29, 0.717) is 0 Å². The van der Waals surface area contributed by atoms with Gasteiger partial charge in [-0.2, -0.15) is 0 Å². The smallest absolute Gasteiger partial charge is 0.261 e. The van der Waals surface area contributed by atoms with Gasteiger partial charge in [-0.05, 0) is 19.1 Å². The van der Waals surface area contributed by atoms with Crippen LogP contribution in [0, 0.1) is 6.92 Å². The third kappa shape index (κ3) is 3.06. The van der Waals surface area contributed by atoms with Crippen LogP contribution in [-0.2, 0) is 10.0 Å². The average Bonchev–Trinajstić information content (AvgIpc) is 2.72. The summed E-state index contributed by atoms with van der Waals surface area (Å²) in [4.78, 5) is 26.1. The Kier molecular flexibility index (Phi) is 4.85. The van der Waals surface area contributed by atoms with Crippen LogP contribution in [0.4, 0.5) is 5.69 Å². The van der Waals surface area contributed by atoms with Crippen molar-refractivity contribution in [3.63, 3.8) is 0 Å². The van der Waals surface area contributed by atoms with Gasteiger partial charge >= 0.3 is 0 Å². The summed E-state index contributed by atoms with van der Waals surface area (Å²) in [7, 11) is -4.17. The van der Waals surface area contributed by atoms with E-state index in [1.54, 1.807) is 31.2 Å². The van der Waals surface area contributed by atoms with E-state index in [4.69, 9.17) is 23.2 Å². The first-order valence-electron chi connectivity index (χ1n) is 8.65. The lowest BCUT2D eigenvalue weighted by atomic mass is 9.83. The molecule has 30 heavy (non-hydrogen) atoms. The van der Waals surface area contributed by atoms with Crippen LogP contribution in [-0.4, -0.2) is 25.1 Å². The predicted octanol–water partition coefficient (Wildman–Crippen LogP) is 4.58. The maximum Gasteiger partial charge on any atom is 0.261 e. The molecule has 0 bridgehead atoms. The van der Waals surface area contributed by atoms with Gasteiger partial charge in [0.05, 0.1) is 26.7 Å². The number of phenolic OH excluding ortho intramolecular Hbond substituents is 1. The van der Waals surface area contributed by atoms with E-state index in [0.717, 1.165) is 5.56 Å². The Morgan fingerprint density at radius 1 is 0.833 bits per heavy atom. The van der Waals surface area contributed by atoms with Gasteiger partial charge in [0.25, 0.3) is 10.0 Å². The molecule has 6 nitrogen and oxygen atoms in total. The van der Waals surface area contributed by atoms with Crippen LogP contribution in [0.2, 0.25) is 10.0 Å². The molecule has 3 aromatic carbocycles. The summed E-state index contributed by atoms with van der Waals surface area (Å²) < 4.78 is 28.1. The largest absolute Gasteiger partial charge is 0.506 e. The number of sulfonamides is 1. The lowest BCUT2D eigenvalue weighted by molar-refractivity contribution is 0.0977. The van der Waals surface area contributed by atoms with Crippen molar-refractivity contribution in [1.29, 1.82) is 0 Å². The Labute approximate surface area is 182 Å². The highest BCUT2D eigenvalue weighted by Gasteiger charge is 2.38. The van der Waals surface area contributed by atoms with Crippen molar-refractivity contribution >= 4 is 50.5 Å². The SMILES string of the molecule is Cc1ccc(S(=O)(=O)Nc2c(Cl)c(Cl)c(O)c3c2C(=O)c2ccccc2C3=O)cc1. The Morgan fingerprint density at radius 2 is 1.37 bits per heavy atom. The fraction of sp³-hybridized carbons (Fsp3) is 0.0476. The van der Waals surface area contributed by atoms with Crippen LogP contribution in [0.1, 0.15) is 37.4 Å². The van der Waals surface area contributed by atoms with Crippen LogP contribution < -0.4 is 4.72 Å². The summed E-state index contributed by atoms with van der Waals surface area (Å²) in [5, 5.41) is 9.62. The molecule has 2 N–H and O–H groups in total. The van der Waals surface area contributed by atoms with E-state index >= 15 is 0 Å². The molecule has 3 aromatic rings. The number of halogens is 2. The number of rotatable bonds is 3. The molecule has 9 heteroatoms. The number of anilines is 1. The molecule has 0 heterocycles. The molecule has 1 aliphatic rings. The van der Waals surface area contributed by atoms with Gasteiger partial charge in [0.2, 0.25) is 0 Å². The first-order chi connectivity index (χ1) is 14.1. The van der Waals surface area contributed by atoms with Crippen LogP contribution in [0.25, 0.3) is 0 Å². The number of aryl methyl sites for hydroxylation is 1. The highest BCUT2D eigenvalue weighted by molar-refractivity contribution is 7.92. The highest BCUT2D eigenvalue weighted by Crippen LogP contribution is 2.47. The summed E-state index contributed by atoms with van der Waals surface area (Å²) in [6, 6.07) is 12.0. The summed E-state index contributed by atoms with van der Waals surface area (Å²) in [5.41, 5.74) is -0.0899. The summed E-state index contributed by atoms with van der Waals surface area (Å²) in [6.07, 6.45) is 0. The van der Waals surface area contributed by atoms with E-state index in [-0.39, 0.29) is 32.3 Å².